The van der Waals surface area contributed by atoms with Crippen molar-refractivity contribution in [1.82, 2.24) is 15.1 Å². The Balaban J connectivity index is 0.00000162. The summed E-state index contributed by atoms with van der Waals surface area (Å²) in [7, 11) is 2.13. The average Bonchev–Trinajstić information content (AvgIpc) is 2.29. The lowest BCUT2D eigenvalue weighted by Crippen LogP contribution is -2.57. The minimum Gasteiger partial charge on any atom is -0.337 e. The molecule has 0 aromatic heterocycles. The smallest absolute Gasteiger partial charge is 0.227 e. The molecule has 0 saturated carbocycles. The molecule has 2 saturated heterocycles. The van der Waals surface area contributed by atoms with E-state index in [1.807, 2.05) is 0 Å². The van der Waals surface area contributed by atoms with E-state index in [4.69, 9.17) is 0 Å². The van der Waals surface area contributed by atoms with Gasteiger partial charge in [-0.3, -0.25) is 4.79 Å². The monoisotopic (exact) mass is 275 g/mol. The quantitative estimate of drug-likeness (QED) is 0.774. The largest absolute Gasteiger partial charge is 0.337 e. The average molecular weight is 276 g/mol. The second kappa shape index (κ2) is 6.73. The van der Waals surface area contributed by atoms with E-state index in [1.165, 1.54) is 0 Å². The highest BCUT2D eigenvalue weighted by Crippen LogP contribution is 2.21. The normalized spacial score (nSPS) is 33.9. The highest BCUT2D eigenvalue weighted by atomic mass is 35.5. The summed E-state index contributed by atoms with van der Waals surface area (Å²) in [5.74, 6) is 0.555. The van der Waals surface area contributed by atoms with Gasteiger partial charge in [-0.25, -0.2) is 0 Å². The molecular weight excluding hydrogens is 250 g/mol. The van der Waals surface area contributed by atoms with Crippen LogP contribution in [-0.2, 0) is 4.79 Å². The Bertz CT molecular complexity index is 287. The fourth-order valence-electron chi connectivity index (χ4n) is 3.06. The standard InChI is InChI=1S/C13H25N3O.ClH/c1-10-9-15(3)7-8-16(10)13(17)12-5-4-6-14-11(12)2;/h10-12,14H,4-9H2,1-3H3;1H. The van der Waals surface area contributed by atoms with Gasteiger partial charge in [-0.05, 0) is 40.3 Å². The fraction of sp³-hybridized carbons (Fsp3) is 0.923. The number of piperazine rings is 1. The number of hydrogen-bond donors (Lipinski definition) is 1. The lowest BCUT2D eigenvalue weighted by Gasteiger charge is -2.41. The Labute approximate surface area is 116 Å². The summed E-state index contributed by atoms with van der Waals surface area (Å²) in [5, 5.41) is 3.42. The van der Waals surface area contributed by atoms with Gasteiger partial charge >= 0.3 is 0 Å². The highest BCUT2D eigenvalue weighted by Gasteiger charge is 2.34. The van der Waals surface area contributed by atoms with Crippen molar-refractivity contribution in [2.75, 3.05) is 33.2 Å². The predicted molar refractivity (Wildman–Crippen MR) is 76.1 cm³/mol. The molecule has 18 heavy (non-hydrogen) atoms. The number of carbonyl (C=O) groups is 1. The van der Waals surface area contributed by atoms with E-state index in [0.29, 0.717) is 18.0 Å². The number of rotatable bonds is 1. The molecule has 0 aliphatic carbocycles. The summed E-state index contributed by atoms with van der Waals surface area (Å²) in [5.41, 5.74) is 0. The van der Waals surface area contributed by atoms with Crippen molar-refractivity contribution >= 4 is 18.3 Å². The van der Waals surface area contributed by atoms with Gasteiger partial charge in [0.1, 0.15) is 0 Å². The van der Waals surface area contributed by atoms with Gasteiger partial charge < -0.3 is 15.1 Å². The third-order valence-corrected chi connectivity index (χ3v) is 4.19. The van der Waals surface area contributed by atoms with Gasteiger partial charge in [0, 0.05) is 31.7 Å². The molecule has 2 rings (SSSR count). The Kier molecular flexibility index (Phi) is 5.89. The van der Waals surface area contributed by atoms with Crippen LogP contribution in [0.2, 0.25) is 0 Å². The van der Waals surface area contributed by atoms with Crippen molar-refractivity contribution in [3.8, 4) is 0 Å². The molecule has 0 aromatic rings. The van der Waals surface area contributed by atoms with Crippen LogP contribution < -0.4 is 5.32 Å². The van der Waals surface area contributed by atoms with Crippen molar-refractivity contribution in [2.45, 2.75) is 38.8 Å². The van der Waals surface area contributed by atoms with Gasteiger partial charge in [-0.15, -0.1) is 12.4 Å². The highest BCUT2D eigenvalue weighted by molar-refractivity contribution is 5.85. The van der Waals surface area contributed by atoms with Crippen molar-refractivity contribution in [3.63, 3.8) is 0 Å². The summed E-state index contributed by atoms with van der Waals surface area (Å²) < 4.78 is 0. The molecule has 3 atom stereocenters. The SMILES string of the molecule is CC1NCCCC1C(=O)N1CCN(C)CC1C.Cl. The van der Waals surface area contributed by atoms with Gasteiger partial charge in [-0.2, -0.15) is 0 Å². The summed E-state index contributed by atoms with van der Waals surface area (Å²) in [6.45, 7) is 8.25. The zero-order chi connectivity index (χ0) is 12.4. The lowest BCUT2D eigenvalue weighted by molar-refractivity contribution is -0.141. The van der Waals surface area contributed by atoms with Gasteiger partial charge in [0.05, 0.1) is 5.92 Å². The Morgan fingerprint density at radius 1 is 1.28 bits per heavy atom. The van der Waals surface area contributed by atoms with Crippen LogP contribution in [0, 0.1) is 5.92 Å². The molecule has 1 N–H and O–H groups in total. The molecule has 106 valence electrons. The van der Waals surface area contributed by atoms with E-state index in [1.54, 1.807) is 0 Å². The molecule has 4 nitrogen and oxygen atoms in total. The second-order valence-corrected chi connectivity index (χ2v) is 5.63. The van der Waals surface area contributed by atoms with Crippen LogP contribution in [0.3, 0.4) is 0 Å². The Morgan fingerprint density at radius 2 is 2.00 bits per heavy atom. The summed E-state index contributed by atoms with van der Waals surface area (Å²) in [4.78, 5) is 16.9. The number of halogens is 1. The van der Waals surface area contributed by atoms with E-state index >= 15 is 0 Å². The molecule has 2 aliphatic heterocycles. The van der Waals surface area contributed by atoms with Crippen LogP contribution >= 0.6 is 12.4 Å². The van der Waals surface area contributed by atoms with Crippen LogP contribution in [0.1, 0.15) is 26.7 Å². The third kappa shape index (κ3) is 3.37. The molecule has 0 aromatic carbocycles. The topological polar surface area (TPSA) is 35.6 Å². The maximum Gasteiger partial charge on any atom is 0.227 e. The number of carbonyl (C=O) groups excluding carboxylic acids is 1. The number of hydrogen-bond acceptors (Lipinski definition) is 3. The maximum atomic E-state index is 12.5. The van der Waals surface area contributed by atoms with Crippen molar-refractivity contribution in [1.29, 1.82) is 0 Å². The summed E-state index contributed by atoms with van der Waals surface area (Å²) in [6.07, 6.45) is 2.18. The zero-order valence-corrected chi connectivity index (χ0v) is 12.5. The Morgan fingerprint density at radius 3 is 2.61 bits per heavy atom. The van der Waals surface area contributed by atoms with Gasteiger partial charge in [0.2, 0.25) is 5.91 Å². The zero-order valence-electron chi connectivity index (χ0n) is 11.7. The molecular formula is C13H26ClN3O. The molecule has 3 unspecified atom stereocenters. The number of amides is 1. The molecule has 5 heteroatoms. The first-order chi connectivity index (χ1) is 8.09. The first-order valence-corrected chi connectivity index (χ1v) is 6.82. The number of piperidine rings is 1. The molecule has 1 amide bonds. The molecule has 2 aliphatic rings. The van der Waals surface area contributed by atoms with Crippen LogP contribution in [-0.4, -0.2) is 61.0 Å². The fourth-order valence-corrected chi connectivity index (χ4v) is 3.06. The molecule has 0 radical (unpaired) electrons. The minimum absolute atomic E-state index is 0. The van der Waals surface area contributed by atoms with Crippen molar-refractivity contribution < 1.29 is 4.79 Å². The molecule has 2 fully saturated rings. The van der Waals surface area contributed by atoms with Crippen LogP contribution in [0.4, 0.5) is 0 Å². The number of likely N-dealkylation sites (N-methyl/N-ethyl adjacent to an activating group) is 1. The van der Waals surface area contributed by atoms with Gasteiger partial charge in [-0.1, -0.05) is 0 Å². The van der Waals surface area contributed by atoms with Gasteiger partial charge in [0.15, 0.2) is 0 Å². The third-order valence-electron chi connectivity index (χ3n) is 4.19. The first-order valence-electron chi connectivity index (χ1n) is 6.82. The maximum absolute atomic E-state index is 12.5. The van der Waals surface area contributed by atoms with Gasteiger partial charge in [0.25, 0.3) is 0 Å². The molecule has 0 bridgehead atoms. The first kappa shape index (κ1) is 15.7. The minimum atomic E-state index is 0. The van der Waals surface area contributed by atoms with Crippen LogP contribution in [0.25, 0.3) is 0 Å². The van der Waals surface area contributed by atoms with E-state index in [-0.39, 0.29) is 18.3 Å². The van der Waals surface area contributed by atoms with E-state index < -0.39 is 0 Å². The number of nitrogens with one attached hydrogen (secondary N) is 1. The van der Waals surface area contributed by atoms with Crippen molar-refractivity contribution in [2.24, 2.45) is 5.92 Å². The van der Waals surface area contributed by atoms with Crippen molar-refractivity contribution in [3.05, 3.63) is 0 Å². The Hall–Kier alpha value is -0.320. The van der Waals surface area contributed by atoms with E-state index in [9.17, 15) is 4.79 Å². The van der Waals surface area contributed by atoms with Crippen LogP contribution in [0.5, 0.6) is 0 Å². The second-order valence-electron chi connectivity index (χ2n) is 5.63. The number of nitrogens with zero attached hydrogens (tertiary/aromatic N) is 2. The summed E-state index contributed by atoms with van der Waals surface area (Å²) >= 11 is 0. The van der Waals surface area contributed by atoms with Crippen LogP contribution in [0.15, 0.2) is 0 Å². The molecule has 2 heterocycles. The predicted octanol–water partition coefficient (Wildman–Crippen LogP) is 0.959. The van der Waals surface area contributed by atoms with E-state index in [2.05, 4.69) is 36.0 Å². The summed E-state index contributed by atoms with van der Waals surface area (Å²) in [6, 6.07) is 0.693. The van der Waals surface area contributed by atoms with E-state index in [0.717, 1.165) is 39.0 Å². The molecule has 0 spiro atoms. The lowest BCUT2D eigenvalue weighted by atomic mass is 9.90.